The van der Waals surface area contributed by atoms with Gasteiger partial charge < -0.3 is 15.7 Å². The summed E-state index contributed by atoms with van der Waals surface area (Å²) in [6.45, 7) is 4.06. The largest absolute Gasteiger partial charge is 0.394 e. The topological polar surface area (TPSA) is 70.1 Å². The maximum absolute atomic E-state index is 14.1. The molecule has 3 N–H and O–H groups in total. The molecule has 1 atom stereocenters. The van der Waals surface area contributed by atoms with Gasteiger partial charge in [0.15, 0.2) is 0 Å². The van der Waals surface area contributed by atoms with Crippen molar-refractivity contribution in [2.75, 3.05) is 17.2 Å². The van der Waals surface area contributed by atoms with E-state index in [4.69, 9.17) is 0 Å². The standard InChI is InChI=1S/C18H22FIN4O/c1-10(2)16(9-25)23-18-22-15(11-3-4-11)8-17(24-18)21-14-6-5-12(20)7-13(14)19/h5-8,10-11,16,25H,3-4,9H2,1-2H3,(H2,21,22,23,24)/t16-/m0/s1. The molecule has 1 fully saturated rings. The molecule has 25 heavy (non-hydrogen) atoms. The number of aromatic nitrogens is 2. The summed E-state index contributed by atoms with van der Waals surface area (Å²) in [6.07, 6.45) is 2.22. The van der Waals surface area contributed by atoms with Gasteiger partial charge in [0.1, 0.15) is 11.6 Å². The fourth-order valence-corrected chi connectivity index (χ4v) is 2.95. The molecule has 0 aliphatic heterocycles. The van der Waals surface area contributed by atoms with Crippen molar-refractivity contribution in [3.8, 4) is 0 Å². The number of hydrogen-bond donors (Lipinski definition) is 3. The summed E-state index contributed by atoms with van der Waals surface area (Å²) >= 11 is 2.08. The number of nitrogens with zero attached hydrogens (tertiary/aromatic N) is 2. The van der Waals surface area contributed by atoms with Crippen LogP contribution >= 0.6 is 22.6 Å². The molecule has 1 saturated carbocycles. The van der Waals surface area contributed by atoms with Gasteiger partial charge in [0, 0.05) is 15.6 Å². The number of aliphatic hydroxyl groups excluding tert-OH is 1. The minimum Gasteiger partial charge on any atom is -0.394 e. The number of anilines is 3. The lowest BCUT2D eigenvalue weighted by molar-refractivity contribution is 0.248. The zero-order chi connectivity index (χ0) is 18.0. The Bertz CT molecular complexity index is 752. The molecule has 3 rings (SSSR count). The summed E-state index contributed by atoms with van der Waals surface area (Å²) in [4.78, 5) is 9.04. The second-order valence-electron chi connectivity index (χ2n) is 6.70. The van der Waals surface area contributed by atoms with Crippen molar-refractivity contribution in [1.29, 1.82) is 0 Å². The van der Waals surface area contributed by atoms with Crippen LogP contribution in [0, 0.1) is 15.3 Å². The van der Waals surface area contributed by atoms with E-state index in [1.54, 1.807) is 6.07 Å². The van der Waals surface area contributed by atoms with Crippen LogP contribution in [0.4, 0.5) is 21.8 Å². The molecule has 0 unspecified atom stereocenters. The molecule has 0 amide bonds. The van der Waals surface area contributed by atoms with E-state index in [0.717, 1.165) is 22.1 Å². The van der Waals surface area contributed by atoms with Gasteiger partial charge in [0.05, 0.1) is 24.0 Å². The third kappa shape index (κ3) is 4.78. The van der Waals surface area contributed by atoms with Gasteiger partial charge in [-0.25, -0.2) is 9.37 Å². The molecule has 1 aromatic carbocycles. The van der Waals surface area contributed by atoms with E-state index in [1.807, 2.05) is 26.0 Å². The van der Waals surface area contributed by atoms with Crippen LogP contribution in [0.15, 0.2) is 24.3 Å². The first-order valence-electron chi connectivity index (χ1n) is 8.44. The lowest BCUT2D eigenvalue weighted by Gasteiger charge is -2.20. The van der Waals surface area contributed by atoms with Gasteiger partial charge in [-0.1, -0.05) is 13.8 Å². The number of aliphatic hydroxyl groups is 1. The van der Waals surface area contributed by atoms with Gasteiger partial charge in [0.2, 0.25) is 5.95 Å². The average Bonchev–Trinajstić information content (AvgIpc) is 3.40. The van der Waals surface area contributed by atoms with Crippen molar-refractivity contribution in [2.24, 2.45) is 5.92 Å². The zero-order valence-electron chi connectivity index (χ0n) is 14.3. The Labute approximate surface area is 160 Å². The summed E-state index contributed by atoms with van der Waals surface area (Å²) < 4.78 is 15.0. The van der Waals surface area contributed by atoms with Gasteiger partial charge >= 0.3 is 0 Å². The Morgan fingerprint density at radius 3 is 2.64 bits per heavy atom. The molecule has 0 radical (unpaired) electrons. The highest BCUT2D eigenvalue weighted by atomic mass is 127. The second kappa shape index (κ2) is 7.82. The first kappa shape index (κ1) is 18.3. The highest BCUT2D eigenvalue weighted by molar-refractivity contribution is 14.1. The molecule has 1 aliphatic carbocycles. The van der Waals surface area contributed by atoms with Crippen LogP contribution in [0.2, 0.25) is 0 Å². The molecule has 0 bridgehead atoms. The summed E-state index contributed by atoms with van der Waals surface area (Å²) in [6, 6.07) is 6.77. The minimum absolute atomic E-state index is 0.00317. The van der Waals surface area contributed by atoms with Gasteiger partial charge in [-0.05, 0) is 59.5 Å². The predicted octanol–water partition coefficient (Wildman–Crippen LogP) is 4.27. The monoisotopic (exact) mass is 456 g/mol. The summed E-state index contributed by atoms with van der Waals surface area (Å²) in [7, 11) is 0. The normalized spacial score (nSPS) is 15.3. The summed E-state index contributed by atoms with van der Waals surface area (Å²) in [5.41, 5.74) is 1.33. The summed E-state index contributed by atoms with van der Waals surface area (Å²) in [5.74, 6) is 1.38. The number of hydrogen-bond acceptors (Lipinski definition) is 5. The predicted molar refractivity (Wildman–Crippen MR) is 106 cm³/mol. The molecule has 134 valence electrons. The molecule has 1 aromatic heterocycles. The highest BCUT2D eigenvalue weighted by Crippen LogP contribution is 2.40. The number of rotatable bonds is 7. The van der Waals surface area contributed by atoms with Crippen LogP contribution in [0.3, 0.4) is 0 Å². The maximum atomic E-state index is 14.1. The molecular weight excluding hydrogens is 434 g/mol. The molecule has 1 aliphatic rings. The van der Waals surface area contributed by atoms with E-state index in [9.17, 15) is 9.50 Å². The van der Waals surface area contributed by atoms with E-state index < -0.39 is 0 Å². The Kier molecular flexibility index (Phi) is 5.73. The van der Waals surface area contributed by atoms with Crippen LogP contribution < -0.4 is 10.6 Å². The number of nitrogens with one attached hydrogen (secondary N) is 2. The van der Waals surface area contributed by atoms with E-state index in [-0.39, 0.29) is 24.4 Å². The van der Waals surface area contributed by atoms with Crippen molar-refractivity contribution in [3.63, 3.8) is 0 Å². The average molecular weight is 456 g/mol. The molecule has 1 heterocycles. The Morgan fingerprint density at radius 1 is 1.28 bits per heavy atom. The van der Waals surface area contributed by atoms with Crippen LogP contribution in [0.1, 0.15) is 38.3 Å². The van der Waals surface area contributed by atoms with E-state index in [0.29, 0.717) is 23.4 Å². The Hall–Kier alpha value is -1.48. The fraction of sp³-hybridized carbons (Fsp3) is 0.444. The summed E-state index contributed by atoms with van der Waals surface area (Å²) in [5, 5.41) is 15.8. The third-order valence-electron chi connectivity index (χ3n) is 4.25. The molecule has 5 nitrogen and oxygen atoms in total. The molecule has 2 aromatic rings. The van der Waals surface area contributed by atoms with Crippen molar-refractivity contribution < 1.29 is 9.50 Å². The third-order valence-corrected chi connectivity index (χ3v) is 4.92. The molecule has 7 heteroatoms. The smallest absolute Gasteiger partial charge is 0.225 e. The van der Waals surface area contributed by atoms with Crippen molar-refractivity contribution in [1.82, 2.24) is 9.97 Å². The lowest BCUT2D eigenvalue weighted by Crippen LogP contribution is -2.30. The van der Waals surface area contributed by atoms with E-state index in [2.05, 4.69) is 43.2 Å². The Morgan fingerprint density at radius 2 is 2.04 bits per heavy atom. The molecular formula is C18H22FIN4O. The quantitative estimate of drug-likeness (QED) is 0.543. The van der Waals surface area contributed by atoms with Crippen LogP contribution in [0.5, 0.6) is 0 Å². The number of halogens is 2. The van der Waals surface area contributed by atoms with Crippen molar-refractivity contribution >= 4 is 40.0 Å². The first-order chi connectivity index (χ1) is 12.0. The Balaban J connectivity index is 1.87. The molecule has 0 spiro atoms. The van der Waals surface area contributed by atoms with E-state index >= 15 is 0 Å². The van der Waals surface area contributed by atoms with Crippen LogP contribution in [-0.2, 0) is 0 Å². The van der Waals surface area contributed by atoms with Gasteiger partial charge in [-0.2, -0.15) is 4.98 Å². The van der Waals surface area contributed by atoms with Crippen LogP contribution in [-0.4, -0.2) is 27.7 Å². The van der Waals surface area contributed by atoms with Gasteiger partial charge in [0.25, 0.3) is 0 Å². The van der Waals surface area contributed by atoms with Crippen LogP contribution in [0.25, 0.3) is 0 Å². The SMILES string of the molecule is CC(C)[C@H](CO)Nc1nc(Nc2ccc(I)cc2F)cc(C2CC2)n1. The van der Waals surface area contributed by atoms with Crippen molar-refractivity contribution in [3.05, 3.63) is 39.3 Å². The lowest BCUT2D eigenvalue weighted by atomic mass is 10.1. The van der Waals surface area contributed by atoms with Crippen molar-refractivity contribution in [2.45, 2.75) is 38.6 Å². The zero-order valence-corrected chi connectivity index (χ0v) is 16.4. The number of benzene rings is 1. The second-order valence-corrected chi connectivity index (χ2v) is 7.95. The maximum Gasteiger partial charge on any atom is 0.225 e. The van der Waals surface area contributed by atoms with Gasteiger partial charge in [-0.15, -0.1) is 0 Å². The minimum atomic E-state index is -0.316. The van der Waals surface area contributed by atoms with Gasteiger partial charge in [-0.3, -0.25) is 0 Å². The van der Waals surface area contributed by atoms with E-state index in [1.165, 1.54) is 6.07 Å². The molecule has 0 saturated heterocycles. The fourth-order valence-electron chi connectivity index (χ4n) is 2.50. The highest BCUT2D eigenvalue weighted by Gasteiger charge is 2.27. The first-order valence-corrected chi connectivity index (χ1v) is 9.52.